The highest BCUT2D eigenvalue weighted by atomic mass is 16.5. The molecule has 1 aliphatic rings. The first kappa shape index (κ1) is 17.4. The second-order valence-electron chi connectivity index (χ2n) is 6.85. The van der Waals surface area contributed by atoms with Crippen LogP contribution in [0.25, 0.3) is 11.4 Å². The minimum absolute atomic E-state index is 0.0819. The van der Waals surface area contributed by atoms with Gasteiger partial charge in [-0.3, -0.25) is 4.79 Å². The number of aromatic nitrogens is 4. The molecule has 0 spiro atoms. The molecule has 8 nitrogen and oxygen atoms in total. The summed E-state index contributed by atoms with van der Waals surface area (Å²) in [5, 5.41) is 7.93. The molecule has 2 aromatic heterocycles. The van der Waals surface area contributed by atoms with E-state index in [1.807, 2.05) is 36.1 Å². The van der Waals surface area contributed by atoms with E-state index >= 15 is 0 Å². The van der Waals surface area contributed by atoms with Gasteiger partial charge in [0.05, 0.1) is 0 Å². The summed E-state index contributed by atoms with van der Waals surface area (Å²) in [6.45, 7) is 3.39. The van der Waals surface area contributed by atoms with Crippen molar-refractivity contribution in [2.75, 3.05) is 13.1 Å². The number of rotatable bonds is 5. The summed E-state index contributed by atoms with van der Waals surface area (Å²) in [6.07, 6.45) is 4.00. The van der Waals surface area contributed by atoms with Crippen LogP contribution in [-0.4, -0.2) is 44.2 Å². The van der Waals surface area contributed by atoms with Crippen LogP contribution in [0.3, 0.4) is 0 Å². The molecule has 1 aliphatic heterocycles. The summed E-state index contributed by atoms with van der Waals surface area (Å²) in [4.78, 5) is 23.0. The maximum atomic E-state index is 12.6. The molecule has 1 saturated heterocycles. The number of benzene rings is 1. The van der Waals surface area contributed by atoms with Crippen LogP contribution in [0, 0.1) is 6.92 Å². The number of carbonyl (C=O) groups is 1. The highest BCUT2D eigenvalue weighted by Crippen LogP contribution is 2.25. The van der Waals surface area contributed by atoms with Crippen LogP contribution in [0.1, 0.15) is 42.5 Å². The van der Waals surface area contributed by atoms with E-state index in [4.69, 9.17) is 9.05 Å². The fourth-order valence-electron chi connectivity index (χ4n) is 3.40. The van der Waals surface area contributed by atoms with Crippen LogP contribution in [-0.2, 0) is 11.2 Å². The van der Waals surface area contributed by atoms with E-state index in [1.165, 1.54) is 6.39 Å². The molecule has 8 heteroatoms. The van der Waals surface area contributed by atoms with Gasteiger partial charge < -0.3 is 13.9 Å². The lowest BCUT2D eigenvalue weighted by molar-refractivity contribution is -0.132. The second-order valence-corrected chi connectivity index (χ2v) is 6.85. The number of nitrogens with zero attached hydrogens (tertiary/aromatic N) is 5. The van der Waals surface area contributed by atoms with Gasteiger partial charge in [-0.2, -0.15) is 9.97 Å². The second kappa shape index (κ2) is 7.69. The van der Waals surface area contributed by atoms with Gasteiger partial charge in [-0.15, -0.1) is 0 Å². The molecule has 3 aromatic rings. The maximum Gasteiger partial charge on any atom is 0.227 e. The van der Waals surface area contributed by atoms with Crippen LogP contribution in [0.15, 0.2) is 39.7 Å². The monoisotopic (exact) mass is 367 g/mol. The molecule has 0 aliphatic carbocycles. The summed E-state index contributed by atoms with van der Waals surface area (Å²) < 4.78 is 10.1. The fraction of sp³-hybridized carbons (Fsp3) is 0.421. The van der Waals surface area contributed by atoms with Gasteiger partial charge in [0.25, 0.3) is 0 Å². The Bertz CT molecular complexity index is 906. The predicted octanol–water partition coefficient (Wildman–Crippen LogP) is 2.77. The molecule has 27 heavy (non-hydrogen) atoms. The van der Waals surface area contributed by atoms with Gasteiger partial charge in [-0.05, 0) is 25.8 Å². The summed E-state index contributed by atoms with van der Waals surface area (Å²) in [7, 11) is 0. The summed E-state index contributed by atoms with van der Waals surface area (Å²) in [5.41, 5.74) is 2.05. The van der Waals surface area contributed by atoms with Crippen molar-refractivity contribution in [1.82, 2.24) is 25.2 Å². The van der Waals surface area contributed by atoms with Gasteiger partial charge in [0, 0.05) is 37.4 Å². The number of amides is 1. The minimum atomic E-state index is 0.0819. The summed E-state index contributed by atoms with van der Waals surface area (Å²) >= 11 is 0. The van der Waals surface area contributed by atoms with E-state index in [0.29, 0.717) is 36.9 Å². The molecule has 0 saturated carbocycles. The largest absolute Gasteiger partial charge is 0.343 e. The lowest BCUT2D eigenvalue weighted by Crippen LogP contribution is -2.39. The van der Waals surface area contributed by atoms with E-state index < -0.39 is 0 Å². The van der Waals surface area contributed by atoms with Gasteiger partial charge in [-0.1, -0.05) is 34.1 Å². The van der Waals surface area contributed by atoms with Crippen molar-refractivity contribution >= 4 is 5.91 Å². The Kier molecular flexibility index (Phi) is 4.95. The molecule has 0 bridgehead atoms. The van der Waals surface area contributed by atoms with Gasteiger partial charge in [0.2, 0.25) is 24.0 Å². The number of hydrogen-bond acceptors (Lipinski definition) is 7. The first-order chi connectivity index (χ1) is 13.2. The molecular weight excluding hydrogens is 346 g/mol. The zero-order valence-electron chi connectivity index (χ0n) is 15.2. The zero-order chi connectivity index (χ0) is 18.6. The summed E-state index contributed by atoms with van der Waals surface area (Å²) in [5.74, 6) is 1.92. The topological polar surface area (TPSA) is 98.2 Å². The molecule has 3 heterocycles. The van der Waals surface area contributed by atoms with Crippen LogP contribution < -0.4 is 0 Å². The molecule has 1 aromatic carbocycles. The summed E-state index contributed by atoms with van der Waals surface area (Å²) in [6, 6.07) is 7.93. The number of carbonyl (C=O) groups excluding carboxylic acids is 1. The first-order valence-electron chi connectivity index (χ1n) is 9.13. The number of aryl methyl sites for hydroxylation is 2. The minimum Gasteiger partial charge on any atom is -0.343 e. The van der Waals surface area contributed by atoms with Crippen LogP contribution in [0.5, 0.6) is 0 Å². The van der Waals surface area contributed by atoms with Gasteiger partial charge in [0.1, 0.15) is 0 Å². The number of hydrogen-bond donors (Lipinski definition) is 0. The molecule has 1 atom stereocenters. The Morgan fingerprint density at radius 1 is 1.33 bits per heavy atom. The lowest BCUT2D eigenvalue weighted by atomic mass is 9.97. The Morgan fingerprint density at radius 3 is 3.07 bits per heavy atom. The number of piperidine rings is 1. The van der Waals surface area contributed by atoms with Crippen molar-refractivity contribution in [3.05, 3.63) is 47.9 Å². The quantitative estimate of drug-likeness (QED) is 0.684. The van der Waals surface area contributed by atoms with E-state index in [0.717, 1.165) is 30.5 Å². The maximum absolute atomic E-state index is 12.6. The molecular formula is C19H21N5O3. The van der Waals surface area contributed by atoms with E-state index in [1.54, 1.807) is 0 Å². The van der Waals surface area contributed by atoms with E-state index in [-0.39, 0.29) is 11.8 Å². The van der Waals surface area contributed by atoms with Crippen molar-refractivity contribution in [2.45, 2.75) is 38.5 Å². The van der Waals surface area contributed by atoms with Crippen molar-refractivity contribution < 1.29 is 13.8 Å². The van der Waals surface area contributed by atoms with Crippen molar-refractivity contribution in [2.24, 2.45) is 0 Å². The van der Waals surface area contributed by atoms with Gasteiger partial charge in [0.15, 0.2) is 5.82 Å². The highest BCUT2D eigenvalue weighted by Gasteiger charge is 2.27. The highest BCUT2D eigenvalue weighted by molar-refractivity contribution is 5.76. The molecule has 0 N–H and O–H groups in total. The standard InChI is InChI=1S/C19H21N5O3/c1-13-4-2-5-14(10-13)19-21-16(27-23-19)7-8-17(25)24-9-3-6-15(11-24)18-20-12-26-22-18/h2,4-5,10,12,15H,3,6-9,11H2,1H3. The predicted molar refractivity (Wildman–Crippen MR) is 95.6 cm³/mol. The van der Waals surface area contributed by atoms with Crippen molar-refractivity contribution in [3.8, 4) is 11.4 Å². The Morgan fingerprint density at radius 2 is 2.26 bits per heavy atom. The third-order valence-corrected chi connectivity index (χ3v) is 4.81. The zero-order valence-corrected chi connectivity index (χ0v) is 15.2. The first-order valence-corrected chi connectivity index (χ1v) is 9.13. The van der Waals surface area contributed by atoms with Crippen LogP contribution >= 0.6 is 0 Å². The SMILES string of the molecule is Cc1cccc(-c2noc(CCC(=O)N3CCCC(c4ncon4)C3)n2)c1. The smallest absolute Gasteiger partial charge is 0.227 e. The normalized spacial score (nSPS) is 17.2. The molecule has 1 unspecified atom stereocenters. The molecule has 4 rings (SSSR count). The molecule has 140 valence electrons. The average molecular weight is 367 g/mol. The van der Waals surface area contributed by atoms with E-state index in [2.05, 4.69) is 20.3 Å². The fourth-order valence-corrected chi connectivity index (χ4v) is 3.40. The molecule has 1 amide bonds. The molecule has 1 fully saturated rings. The number of likely N-dealkylation sites (tertiary alicyclic amines) is 1. The van der Waals surface area contributed by atoms with Gasteiger partial charge >= 0.3 is 0 Å². The lowest BCUT2D eigenvalue weighted by Gasteiger charge is -2.31. The Labute approximate surface area is 156 Å². The molecule has 0 radical (unpaired) electrons. The Hall–Kier alpha value is -3.03. The average Bonchev–Trinajstić information content (AvgIpc) is 3.38. The van der Waals surface area contributed by atoms with Crippen molar-refractivity contribution in [1.29, 1.82) is 0 Å². The van der Waals surface area contributed by atoms with Crippen LogP contribution in [0.2, 0.25) is 0 Å². The van der Waals surface area contributed by atoms with Crippen molar-refractivity contribution in [3.63, 3.8) is 0 Å². The van der Waals surface area contributed by atoms with Crippen LogP contribution in [0.4, 0.5) is 0 Å². The third kappa shape index (κ3) is 4.05. The van der Waals surface area contributed by atoms with Gasteiger partial charge in [-0.25, -0.2) is 0 Å². The Balaban J connectivity index is 1.34. The third-order valence-electron chi connectivity index (χ3n) is 4.81. The van der Waals surface area contributed by atoms with E-state index in [9.17, 15) is 4.79 Å².